The Kier molecular flexibility index (Phi) is 6.47. The highest BCUT2D eigenvalue weighted by Crippen LogP contribution is 2.20. The highest BCUT2D eigenvalue weighted by molar-refractivity contribution is 5.89. The average Bonchev–Trinajstić information content (AvgIpc) is 2.81. The molecule has 0 radical (unpaired) electrons. The molecule has 172 valence electrons. The van der Waals surface area contributed by atoms with Gasteiger partial charge in [-0.3, -0.25) is 24.4 Å². The monoisotopic (exact) mass is 451 g/mol. The van der Waals surface area contributed by atoms with Crippen molar-refractivity contribution in [2.75, 3.05) is 39.8 Å². The topological polar surface area (TPSA) is 111 Å². The molecule has 1 aliphatic heterocycles. The second kappa shape index (κ2) is 9.47. The summed E-state index contributed by atoms with van der Waals surface area (Å²) in [4.78, 5) is 45.4. The van der Waals surface area contributed by atoms with Crippen LogP contribution >= 0.6 is 0 Å². The van der Waals surface area contributed by atoms with Crippen LogP contribution in [-0.2, 0) is 11.3 Å². The van der Waals surface area contributed by atoms with Crippen LogP contribution < -0.4 is 5.56 Å². The first-order chi connectivity index (χ1) is 15.9. The van der Waals surface area contributed by atoms with Crippen molar-refractivity contribution >= 4 is 22.6 Å². The van der Waals surface area contributed by atoms with Crippen molar-refractivity contribution in [2.24, 2.45) is 0 Å². The molecule has 4 rings (SSSR count). The molecular formula is C23H25N5O5. The fourth-order valence-electron chi connectivity index (χ4n) is 3.87. The lowest BCUT2D eigenvalue weighted by Crippen LogP contribution is -2.44. The Labute approximate surface area is 190 Å². The van der Waals surface area contributed by atoms with Gasteiger partial charge in [-0.1, -0.05) is 0 Å². The van der Waals surface area contributed by atoms with Crippen LogP contribution in [-0.4, -0.2) is 70.1 Å². The van der Waals surface area contributed by atoms with E-state index >= 15 is 0 Å². The Balaban J connectivity index is 1.81. The van der Waals surface area contributed by atoms with Crippen LogP contribution in [0.15, 0.2) is 47.3 Å². The molecule has 0 N–H and O–H groups in total. The number of aromatic nitrogens is 2. The van der Waals surface area contributed by atoms with Crippen LogP contribution in [0.5, 0.6) is 0 Å². The van der Waals surface area contributed by atoms with Crippen molar-refractivity contribution in [1.82, 2.24) is 19.4 Å². The third-order valence-corrected chi connectivity index (χ3v) is 5.73. The van der Waals surface area contributed by atoms with Crippen molar-refractivity contribution in [3.05, 3.63) is 74.3 Å². The zero-order chi connectivity index (χ0) is 23.5. The molecule has 10 nitrogen and oxygen atoms in total. The minimum atomic E-state index is -0.532. The Bertz CT molecular complexity index is 1250. The summed E-state index contributed by atoms with van der Waals surface area (Å²) in [5, 5.41) is 11.4. The Morgan fingerprint density at radius 2 is 1.82 bits per heavy atom. The van der Waals surface area contributed by atoms with Crippen LogP contribution in [0.3, 0.4) is 0 Å². The molecule has 2 heterocycles. The molecule has 0 aliphatic carbocycles. The fraction of sp³-hybridized carbons (Fsp3) is 0.348. The van der Waals surface area contributed by atoms with Crippen molar-refractivity contribution in [1.29, 1.82) is 0 Å². The van der Waals surface area contributed by atoms with Crippen LogP contribution in [0.4, 0.5) is 5.69 Å². The van der Waals surface area contributed by atoms with Gasteiger partial charge in [0.05, 0.1) is 40.2 Å². The number of likely N-dealkylation sites (N-methyl/N-ethyl adjacent to an activating group) is 1. The van der Waals surface area contributed by atoms with E-state index in [0.717, 1.165) is 26.2 Å². The van der Waals surface area contributed by atoms with E-state index in [9.17, 15) is 19.7 Å². The predicted octanol–water partition coefficient (Wildman–Crippen LogP) is 2.22. The van der Waals surface area contributed by atoms with Gasteiger partial charge in [-0.2, -0.15) is 0 Å². The zero-order valence-corrected chi connectivity index (χ0v) is 18.6. The fourth-order valence-corrected chi connectivity index (χ4v) is 3.87. The van der Waals surface area contributed by atoms with Crippen molar-refractivity contribution in [3.63, 3.8) is 0 Å². The molecule has 3 aromatic rings. The third-order valence-electron chi connectivity index (χ3n) is 5.73. The normalized spacial score (nSPS) is 15.0. The number of non-ortho nitro benzene ring substituents is 1. The maximum Gasteiger partial charge on any atom is 0.338 e. The summed E-state index contributed by atoms with van der Waals surface area (Å²) in [5.41, 5.74) is 0.750. The van der Waals surface area contributed by atoms with E-state index in [1.165, 1.54) is 22.8 Å². The van der Waals surface area contributed by atoms with Crippen molar-refractivity contribution in [2.45, 2.75) is 13.5 Å². The van der Waals surface area contributed by atoms with Gasteiger partial charge < -0.3 is 9.64 Å². The summed E-state index contributed by atoms with van der Waals surface area (Å²) >= 11 is 0. The van der Waals surface area contributed by atoms with Gasteiger partial charge in [-0.15, -0.1) is 0 Å². The summed E-state index contributed by atoms with van der Waals surface area (Å²) in [6.07, 6.45) is 0. The van der Waals surface area contributed by atoms with E-state index in [1.54, 1.807) is 31.2 Å². The number of benzene rings is 2. The van der Waals surface area contributed by atoms with Gasteiger partial charge in [-0.25, -0.2) is 9.78 Å². The molecule has 0 unspecified atom stereocenters. The molecule has 0 amide bonds. The zero-order valence-electron chi connectivity index (χ0n) is 18.6. The molecule has 0 saturated carbocycles. The number of rotatable bonds is 6. The largest absolute Gasteiger partial charge is 0.462 e. The van der Waals surface area contributed by atoms with Gasteiger partial charge in [0.15, 0.2) is 0 Å². The lowest BCUT2D eigenvalue weighted by atomic mass is 10.1. The first-order valence-electron chi connectivity index (χ1n) is 10.8. The first-order valence-corrected chi connectivity index (χ1v) is 10.8. The van der Waals surface area contributed by atoms with Crippen molar-refractivity contribution in [3.8, 4) is 5.69 Å². The summed E-state index contributed by atoms with van der Waals surface area (Å²) in [5.74, 6) is 0.0936. The lowest BCUT2D eigenvalue weighted by molar-refractivity contribution is -0.384. The SMILES string of the molecule is CCOC(=O)c1ccc(-n2c(CN3CCN(C)CC3)nc3ccc([N+](=O)[O-])cc3c2=O)cc1. The molecule has 1 fully saturated rings. The molecule has 33 heavy (non-hydrogen) atoms. The molecule has 2 aromatic carbocycles. The van der Waals surface area contributed by atoms with E-state index in [4.69, 9.17) is 9.72 Å². The highest BCUT2D eigenvalue weighted by atomic mass is 16.6. The summed E-state index contributed by atoms with van der Waals surface area (Å²) in [6.45, 7) is 5.96. The molecule has 1 aromatic heterocycles. The summed E-state index contributed by atoms with van der Waals surface area (Å²) in [7, 11) is 2.07. The number of ether oxygens (including phenoxy) is 1. The number of fused-ring (bicyclic) bond motifs is 1. The number of nitrogens with zero attached hydrogens (tertiary/aromatic N) is 5. The maximum atomic E-state index is 13.5. The number of hydrogen-bond acceptors (Lipinski definition) is 8. The second-order valence-corrected chi connectivity index (χ2v) is 7.97. The van der Waals surface area contributed by atoms with Crippen LogP contribution in [0, 0.1) is 10.1 Å². The summed E-state index contributed by atoms with van der Waals surface area (Å²) < 4.78 is 6.50. The number of esters is 1. The van der Waals surface area contributed by atoms with Crippen LogP contribution in [0.1, 0.15) is 23.1 Å². The van der Waals surface area contributed by atoms with Crippen LogP contribution in [0.2, 0.25) is 0 Å². The Hall–Kier alpha value is -3.63. The molecular weight excluding hydrogens is 426 g/mol. The van der Waals surface area contributed by atoms with Gasteiger partial charge >= 0.3 is 5.97 Å². The standard InChI is InChI=1S/C23H25N5O5/c1-3-33-23(30)16-4-6-17(7-5-16)27-21(15-26-12-10-25(2)11-13-26)24-20-9-8-18(28(31)32)14-19(20)22(27)29/h4-9,14H,3,10-13,15H2,1-2H3. The molecule has 0 spiro atoms. The quantitative estimate of drug-likeness (QED) is 0.319. The second-order valence-electron chi connectivity index (χ2n) is 7.97. The number of carbonyl (C=O) groups is 1. The van der Waals surface area contributed by atoms with E-state index in [1.807, 2.05) is 0 Å². The van der Waals surface area contributed by atoms with Gasteiger partial charge in [-0.05, 0) is 44.3 Å². The number of nitro groups is 1. The van der Waals surface area contributed by atoms with E-state index in [0.29, 0.717) is 29.1 Å². The molecule has 10 heteroatoms. The number of piperazine rings is 1. The van der Waals surface area contributed by atoms with E-state index in [-0.39, 0.29) is 17.7 Å². The molecule has 0 bridgehead atoms. The van der Waals surface area contributed by atoms with Gasteiger partial charge in [0, 0.05) is 38.3 Å². The highest BCUT2D eigenvalue weighted by Gasteiger charge is 2.20. The Morgan fingerprint density at radius 1 is 1.12 bits per heavy atom. The third kappa shape index (κ3) is 4.76. The average molecular weight is 451 g/mol. The maximum absolute atomic E-state index is 13.5. The van der Waals surface area contributed by atoms with Crippen LogP contribution in [0.25, 0.3) is 16.6 Å². The van der Waals surface area contributed by atoms with Gasteiger partial charge in [0.25, 0.3) is 11.2 Å². The van der Waals surface area contributed by atoms with Crippen molar-refractivity contribution < 1.29 is 14.5 Å². The molecule has 1 aliphatic rings. The number of carbonyl (C=O) groups excluding carboxylic acids is 1. The molecule has 0 atom stereocenters. The predicted molar refractivity (Wildman–Crippen MR) is 123 cm³/mol. The summed E-state index contributed by atoms with van der Waals surface area (Å²) in [6, 6.07) is 10.6. The minimum Gasteiger partial charge on any atom is -0.462 e. The first kappa shape index (κ1) is 22.6. The number of hydrogen-bond donors (Lipinski definition) is 0. The minimum absolute atomic E-state index is 0.167. The van der Waals surface area contributed by atoms with Gasteiger partial charge in [0.1, 0.15) is 5.82 Å². The molecule has 1 saturated heterocycles. The lowest BCUT2D eigenvalue weighted by Gasteiger charge is -2.32. The van der Waals surface area contributed by atoms with E-state index < -0.39 is 16.5 Å². The number of nitro benzene ring substituents is 1. The Morgan fingerprint density at radius 3 is 2.45 bits per heavy atom. The van der Waals surface area contributed by atoms with E-state index in [2.05, 4.69) is 16.8 Å². The van der Waals surface area contributed by atoms with Gasteiger partial charge in [0.2, 0.25) is 0 Å². The smallest absolute Gasteiger partial charge is 0.338 e.